The van der Waals surface area contributed by atoms with E-state index in [1.807, 2.05) is 38.1 Å². The normalized spacial score (nSPS) is 11.6. The Labute approximate surface area is 142 Å². The number of benzene rings is 2. The number of rotatable bonds is 6. The number of ether oxygens (including phenoxy) is 2. The summed E-state index contributed by atoms with van der Waals surface area (Å²) < 4.78 is 10.6. The minimum atomic E-state index is -0.368. The fourth-order valence-corrected chi connectivity index (χ4v) is 2.09. The highest BCUT2D eigenvalue weighted by Crippen LogP contribution is 2.09. The number of carbonyl (C=O) groups excluding carboxylic acids is 2. The Morgan fingerprint density at radius 3 is 1.79 bits per heavy atom. The molecule has 2 aromatic rings. The van der Waals surface area contributed by atoms with Crippen molar-refractivity contribution in [3.63, 3.8) is 0 Å². The van der Waals surface area contributed by atoms with Gasteiger partial charge < -0.3 is 9.47 Å². The van der Waals surface area contributed by atoms with Crippen LogP contribution >= 0.6 is 0 Å². The van der Waals surface area contributed by atoms with E-state index >= 15 is 0 Å². The minimum Gasteiger partial charge on any atom is -0.462 e. The van der Waals surface area contributed by atoms with Crippen LogP contribution < -0.4 is 0 Å². The molecular formula is C20H22O4. The quantitative estimate of drug-likeness (QED) is 0.750. The molecule has 0 aliphatic heterocycles. The lowest BCUT2D eigenvalue weighted by Gasteiger charge is -2.13. The van der Waals surface area contributed by atoms with Crippen LogP contribution in [-0.4, -0.2) is 24.6 Å². The summed E-state index contributed by atoms with van der Waals surface area (Å²) in [6.45, 7) is 5.90. The molecule has 2 aromatic carbocycles. The number of esters is 2. The van der Waals surface area contributed by atoms with Gasteiger partial charge >= 0.3 is 11.9 Å². The van der Waals surface area contributed by atoms with Gasteiger partial charge in [-0.2, -0.15) is 0 Å². The monoisotopic (exact) mass is 326 g/mol. The third kappa shape index (κ3) is 5.23. The highest BCUT2D eigenvalue weighted by molar-refractivity contribution is 5.90. The first-order valence-electron chi connectivity index (χ1n) is 7.97. The van der Waals surface area contributed by atoms with Gasteiger partial charge in [-0.05, 0) is 45.0 Å². The van der Waals surface area contributed by atoms with E-state index in [0.29, 0.717) is 17.5 Å². The third-order valence-corrected chi connectivity index (χ3v) is 3.64. The van der Waals surface area contributed by atoms with Crippen molar-refractivity contribution in [2.75, 3.05) is 6.61 Å². The Kier molecular flexibility index (Phi) is 6.13. The molecule has 0 saturated heterocycles. The van der Waals surface area contributed by atoms with E-state index in [2.05, 4.69) is 0 Å². The van der Waals surface area contributed by atoms with Crippen molar-refractivity contribution < 1.29 is 19.1 Å². The van der Waals surface area contributed by atoms with E-state index in [-0.39, 0.29) is 24.6 Å². The summed E-state index contributed by atoms with van der Waals surface area (Å²) in [6.07, 6.45) is 0.125. The van der Waals surface area contributed by atoms with Crippen LogP contribution in [0.1, 0.15) is 45.2 Å². The molecular weight excluding hydrogens is 304 g/mol. The molecule has 0 aliphatic rings. The van der Waals surface area contributed by atoms with Gasteiger partial charge in [-0.25, -0.2) is 9.59 Å². The molecule has 4 heteroatoms. The maximum absolute atomic E-state index is 12.0. The average Bonchev–Trinajstić information content (AvgIpc) is 2.55. The van der Waals surface area contributed by atoms with Crippen molar-refractivity contribution >= 4 is 11.9 Å². The predicted molar refractivity (Wildman–Crippen MR) is 92.1 cm³/mol. The minimum absolute atomic E-state index is 0.203. The van der Waals surface area contributed by atoms with E-state index in [9.17, 15) is 9.59 Å². The van der Waals surface area contributed by atoms with E-state index in [1.165, 1.54) is 0 Å². The Balaban J connectivity index is 1.75. The molecule has 0 saturated carbocycles. The summed E-state index contributed by atoms with van der Waals surface area (Å²) in [5.41, 5.74) is 3.21. The second-order valence-corrected chi connectivity index (χ2v) is 5.87. The summed E-state index contributed by atoms with van der Waals surface area (Å²) >= 11 is 0. The SMILES string of the molecule is Cc1ccc(C(=O)OCCC(C)OC(=O)c2ccc(C)cc2)cc1. The fraction of sp³-hybridized carbons (Fsp3) is 0.300. The zero-order valence-electron chi connectivity index (χ0n) is 14.2. The molecule has 2 rings (SSSR count). The average molecular weight is 326 g/mol. The van der Waals surface area contributed by atoms with Gasteiger partial charge in [0.05, 0.1) is 17.7 Å². The molecule has 0 bridgehead atoms. The van der Waals surface area contributed by atoms with Gasteiger partial charge in [-0.15, -0.1) is 0 Å². The number of hydrogen-bond acceptors (Lipinski definition) is 4. The predicted octanol–water partition coefficient (Wildman–Crippen LogP) is 4.10. The van der Waals surface area contributed by atoms with Gasteiger partial charge in [0.2, 0.25) is 0 Å². The number of hydrogen-bond donors (Lipinski definition) is 0. The maximum Gasteiger partial charge on any atom is 0.338 e. The lowest BCUT2D eigenvalue weighted by molar-refractivity contribution is 0.0229. The van der Waals surface area contributed by atoms with Gasteiger partial charge in [0.25, 0.3) is 0 Å². The lowest BCUT2D eigenvalue weighted by atomic mass is 10.1. The molecule has 126 valence electrons. The first-order valence-corrected chi connectivity index (χ1v) is 7.97. The zero-order valence-corrected chi connectivity index (χ0v) is 14.2. The van der Waals surface area contributed by atoms with Crippen LogP contribution in [0.5, 0.6) is 0 Å². The van der Waals surface area contributed by atoms with Gasteiger partial charge in [0.15, 0.2) is 0 Å². The molecule has 0 N–H and O–H groups in total. The Morgan fingerprint density at radius 2 is 1.29 bits per heavy atom. The van der Waals surface area contributed by atoms with E-state index < -0.39 is 0 Å². The standard InChI is InChI=1S/C20H22O4/c1-14-4-8-17(9-5-14)19(21)23-13-12-16(3)24-20(22)18-10-6-15(2)7-11-18/h4-11,16H,12-13H2,1-3H3. The van der Waals surface area contributed by atoms with Crippen LogP contribution in [-0.2, 0) is 9.47 Å². The highest BCUT2D eigenvalue weighted by atomic mass is 16.6. The second kappa shape index (κ2) is 8.29. The number of carbonyl (C=O) groups is 2. The molecule has 0 fully saturated rings. The highest BCUT2D eigenvalue weighted by Gasteiger charge is 2.13. The molecule has 1 atom stereocenters. The molecule has 0 spiro atoms. The molecule has 0 aliphatic carbocycles. The molecule has 0 amide bonds. The molecule has 4 nitrogen and oxygen atoms in total. The van der Waals surface area contributed by atoms with E-state index in [4.69, 9.17) is 9.47 Å². The van der Waals surface area contributed by atoms with Crippen LogP contribution in [0.15, 0.2) is 48.5 Å². The van der Waals surface area contributed by atoms with Gasteiger partial charge in [0, 0.05) is 6.42 Å². The maximum atomic E-state index is 12.0. The summed E-state index contributed by atoms with van der Waals surface area (Å²) in [7, 11) is 0. The third-order valence-electron chi connectivity index (χ3n) is 3.64. The van der Waals surface area contributed by atoms with Crippen LogP contribution in [0.25, 0.3) is 0 Å². The smallest absolute Gasteiger partial charge is 0.338 e. The molecule has 0 radical (unpaired) electrons. The first-order chi connectivity index (χ1) is 11.5. The van der Waals surface area contributed by atoms with Crippen molar-refractivity contribution in [1.82, 2.24) is 0 Å². The van der Waals surface area contributed by atoms with E-state index in [1.54, 1.807) is 31.2 Å². The van der Waals surface area contributed by atoms with Gasteiger partial charge in [-0.3, -0.25) is 0 Å². The second-order valence-electron chi connectivity index (χ2n) is 5.87. The topological polar surface area (TPSA) is 52.6 Å². The van der Waals surface area contributed by atoms with Crippen molar-refractivity contribution in [3.8, 4) is 0 Å². The van der Waals surface area contributed by atoms with E-state index in [0.717, 1.165) is 11.1 Å². The summed E-state index contributed by atoms with van der Waals surface area (Å²) in [5, 5.41) is 0. The molecule has 0 aromatic heterocycles. The van der Waals surface area contributed by atoms with Crippen LogP contribution in [0.2, 0.25) is 0 Å². The summed E-state index contributed by atoms with van der Waals surface area (Å²) in [6, 6.07) is 14.4. The van der Waals surface area contributed by atoms with Crippen LogP contribution in [0.4, 0.5) is 0 Å². The van der Waals surface area contributed by atoms with Crippen LogP contribution in [0, 0.1) is 13.8 Å². The van der Waals surface area contributed by atoms with Gasteiger partial charge in [0.1, 0.15) is 6.10 Å². The summed E-state index contributed by atoms with van der Waals surface area (Å²) in [4.78, 5) is 23.9. The fourth-order valence-electron chi connectivity index (χ4n) is 2.09. The Hall–Kier alpha value is -2.62. The molecule has 1 unspecified atom stereocenters. The van der Waals surface area contributed by atoms with Crippen LogP contribution in [0.3, 0.4) is 0 Å². The van der Waals surface area contributed by atoms with Gasteiger partial charge in [-0.1, -0.05) is 35.4 Å². The molecule has 0 heterocycles. The van der Waals surface area contributed by atoms with Crippen molar-refractivity contribution in [2.24, 2.45) is 0 Å². The number of aryl methyl sites for hydroxylation is 2. The Bertz CT molecular complexity index is 687. The van der Waals surface area contributed by atoms with Crippen molar-refractivity contribution in [1.29, 1.82) is 0 Å². The first kappa shape index (κ1) is 17.7. The summed E-state index contributed by atoms with van der Waals surface area (Å²) in [5.74, 6) is -0.737. The van der Waals surface area contributed by atoms with Crippen molar-refractivity contribution in [2.45, 2.75) is 33.3 Å². The van der Waals surface area contributed by atoms with Crippen molar-refractivity contribution in [3.05, 3.63) is 70.8 Å². The Morgan fingerprint density at radius 1 is 0.833 bits per heavy atom. The lowest BCUT2D eigenvalue weighted by Crippen LogP contribution is -2.18. The largest absolute Gasteiger partial charge is 0.462 e. The zero-order chi connectivity index (χ0) is 17.5. The molecule has 24 heavy (non-hydrogen) atoms.